The molecule has 0 N–H and O–H groups in total. The van der Waals surface area contributed by atoms with Gasteiger partial charge in [-0.1, -0.05) is 5.92 Å². The van der Waals surface area contributed by atoms with Gasteiger partial charge in [0.15, 0.2) is 0 Å². The van der Waals surface area contributed by atoms with Crippen LogP contribution in [0.5, 0.6) is 0 Å². The third kappa shape index (κ3) is 2.28. The normalized spacial score (nSPS) is 23.6. The molecule has 0 radical (unpaired) electrons. The lowest BCUT2D eigenvalue weighted by atomic mass is 10.1. The van der Waals surface area contributed by atoms with E-state index < -0.39 is 0 Å². The number of hydrogen-bond acceptors (Lipinski definition) is 2. The second-order valence-corrected chi connectivity index (χ2v) is 2.71. The zero-order valence-electron chi connectivity index (χ0n) is 6.55. The maximum atomic E-state index is 5.17. The molecule has 1 unspecified atom stereocenters. The van der Waals surface area contributed by atoms with Crippen LogP contribution in [0.1, 0.15) is 6.42 Å². The van der Waals surface area contributed by atoms with E-state index >= 15 is 0 Å². The summed E-state index contributed by atoms with van der Waals surface area (Å²) < 4.78 is 5.17. The lowest BCUT2D eigenvalue weighted by Gasteiger charge is -1.99. The molecule has 1 fully saturated rings. The zero-order chi connectivity index (χ0) is 7.40. The molecule has 1 aliphatic rings. The zero-order valence-corrected chi connectivity index (χ0v) is 6.55. The summed E-state index contributed by atoms with van der Waals surface area (Å²) in [6.07, 6.45) is 1.10. The molecule has 2 nitrogen and oxygen atoms in total. The van der Waals surface area contributed by atoms with Crippen molar-refractivity contribution in [1.82, 2.24) is 4.90 Å². The minimum Gasteiger partial charge on any atom is -0.380 e. The summed E-state index contributed by atoms with van der Waals surface area (Å²) in [6.45, 7) is 1.70. The van der Waals surface area contributed by atoms with Crippen molar-refractivity contribution in [1.29, 1.82) is 0 Å². The maximum Gasteiger partial charge on any atom is 0.0605 e. The standard InChI is InChI=1S/C8H13NO/c1-9(2)5-3-8-4-6-10-7-8/h8H,4,6-7H2,1-2H3. The highest BCUT2D eigenvalue weighted by Crippen LogP contribution is 2.09. The summed E-state index contributed by atoms with van der Waals surface area (Å²) in [4.78, 5) is 1.87. The van der Waals surface area contributed by atoms with Gasteiger partial charge in [0.25, 0.3) is 0 Å². The van der Waals surface area contributed by atoms with Crippen LogP contribution in [0.4, 0.5) is 0 Å². The highest BCUT2D eigenvalue weighted by molar-refractivity contribution is 5.03. The predicted octanol–water partition coefficient (Wildman–Crippen LogP) is 0.545. The Hall–Kier alpha value is -0.680. The molecule has 0 bridgehead atoms. The van der Waals surface area contributed by atoms with Crippen molar-refractivity contribution in [2.45, 2.75) is 6.42 Å². The molecule has 0 spiro atoms. The highest BCUT2D eigenvalue weighted by atomic mass is 16.5. The van der Waals surface area contributed by atoms with E-state index in [2.05, 4.69) is 12.0 Å². The number of nitrogens with zero attached hydrogens (tertiary/aromatic N) is 1. The van der Waals surface area contributed by atoms with Crippen LogP contribution in [-0.4, -0.2) is 32.2 Å². The van der Waals surface area contributed by atoms with Crippen LogP contribution in [-0.2, 0) is 4.74 Å². The first kappa shape index (κ1) is 7.43. The van der Waals surface area contributed by atoms with Crippen LogP contribution < -0.4 is 0 Å². The third-order valence-electron chi connectivity index (χ3n) is 1.42. The van der Waals surface area contributed by atoms with Gasteiger partial charge in [0.2, 0.25) is 0 Å². The fourth-order valence-corrected chi connectivity index (χ4v) is 0.869. The molecular formula is C8H13NO. The van der Waals surface area contributed by atoms with Crippen LogP contribution >= 0.6 is 0 Å². The molecule has 0 saturated carbocycles. The van der Waals surface area contributed by atoms with Crippen molar-refractivity contribution in [3.63, 3.8) is 0 Å². The Morgan fingerprint density at radius 1 is 1.50 bits per heavy atom. The molecule has 2 heteroatoms. The molecular weight excluding hydrogens is 126 g/mol. The van der Waals surface area contributed by atoms with Gasteiger partial charge in [-0.2, -0.15) is 0 Å². The molecule has 0 amide bonds. The third-order valence-corrected chi connectivity index (χ3v) is 1.42. The van der Waals surface area contributed by atoms with Crippen molar-refractivity contribution in [2.24, 2.45) is 5.92 Å². The molecule has 10 heavy (non-hydrogen) atoms. The Kier molecular flexibility index (Phi) is 2.58. The van der Waals surface area contributed by atoms with Crippen molar-refractivity contribution in [3.8, 4) is 12.0 Å². The molecule has 56 valence electrons. The van der Waals surface area contributed by atoms with E-state index in [4.69, 9.17) is 4.74 Å². The average molecular weight is 139 g/mol. The van der Waals surface area contributed by atoms with Crippen molar-refractivity contribution in [3.05, 3.63) is 0 Å². The van der Waals surface area contributed by atoms with Crippen molar-refractivity contribution in [2.75, 3.05) is 27.3 Å². The first-order valence-electron chi connectivity index (χ1n) is 3.55. The van der Waals surface area contributed by atoms with Gasteiger partial charge < -0.3 is 9.64 Å². The van der Waals surface area contributed by atoms with Gasteiger partial charge in [0.1, 0.15) is 0 Å². The Balaban J connectivity index is 2.31. The van der Waals surface area contributed by atoms with Gasteiger partial charge in [-0.05, 0) is 6.42 Å². The van der Waals surface area contributed by atoms with Crippen LogP contribution in [0, 0.1) is 17.9 Å². The predicted molar refractivity (Wildman–Crippen MR) is 40.4 cm³/mol. The van der Waals surface area contributed by atoms with E-state index in [0.29, 0.717) is 5.92 Å². The average Bonchev–Trinajstić information content (AvgIpc) is 2.34. The quantitative estimate of drug-likeness (QED) is 0.359. The van der Waals surface area contributed by atoms with Crippen LogP contribution in [0.2, 0.25) is 0 Å². The van der Waals surface area contributed by atoms with Crippen molar-refractivity contribution >= 4 is 0 Å². The minimum atomic E-state index is 0.474. The lowest BCUT2D eigenvalue weighted by Crippen LogP contribution is -2.03. The van der Waals surface area contributed by atoms with Gasteiger partial charge in [-0.15, -0.1) is 0 Å². The summed E-state index contributed by atoms with van der Waals surface area (Å²) in [5.41, 5.74) is 0. The fourth-order valence-electron chi connectivity index (χ4n) is 0.869. The Labute approximate surface area is 62.2 Å². The fraction of sp³-hybridized carbons (Fsp3) is 0.750. The van der Waals surface area contributed by atoms with Gasteiger partial charge >= 0.3 is 0 Å². The Morgan fingerprint density at radius 2 is 2.30 bits per heavy atom. The lowest BCUT2D eigenvalue weighted by molar-refractivity contribution is 0.192. The minimum absolute atomic E-state index is 0.474. The topological polar surface area (TPSA) is 12.5 Å². The van der Waals surface area contributed by atoms with Gasteiger partial charge in [0, 0.05) is 32.7 Å². The second-order valence-electron chi connectivity index (χ2n) is 2.71. The second kappa shape index (κ2) is 3.48. The van der Waals surface area contributed by atoms with Crippen molar-refractivity contribution < 1.29 is 4.74 Å². The summed E-state index contributed by atoms with van der Waals surface area (Å²) in [5.74, 6) is 3.61. The monoisotopic (exact) mass is 139 g/mol. The van der Waals surface area contributed by atoms with Gasteiger partial charge in [-0.3, -0.25) is 0 Å². The molecule has 0 aromatic rings. The van der Waals surface area contributed by atoms with E-state index in [1.54, 1.807) is 0 Å². The van der Waals surface area contributed by atoms with E-state index in [0.717, 1.165) is 19.6 Å². The van der Waals surface area contributed by atoms with Crippen LogP contribution in [0.25, 0.3) is 0 Å². The van der Waals surface area contributed by atoms with E-state index in [1.165, 1.54) is 0 Å². The molecule has 1 atom stereocenters. The van der Waals surface area contributed by atoms with E-state index in [1.807, 2.05) is 19.0 Å². The molecule has 1 heterocycles. The first-order chi connectivity index (χ1) is 4.79. The largest absolute Gasteiger partial charge is 0.380 e. The summed E-state index contributed by atoms with van der Waals surface area (Å²) in [7, 11) is 3.89. The SMILES string of the molecule is CN(C)C#CC1CCOC1. The van der Waals surface area contributed by atoms with Crippen LogP contribution in [0.15, 0.2) is 0 Å². The smallest absolute Gasteiger partial charge is 0.0605 e. The summed E-state index contributed by atoms with van der Waals surface area (Å²) in [5, 5.41) is 0. The molecule has 0 aromatic heterocycles. The van der Waals surface area contributed by atoms with Gasteiger partial charge in [0.05, 0.1) is 6.61 Å². The van der Waals surface area contributed by atoms with Crippen LogP contribution in [0.3, 0.4) is 0 Å². The molecule has 0 aromatic carbocycles. The molecule has 1 rings (SSSR count). The Morgan fingerprint density at radius 3 is 2.80 bits per heavy atom. The molecule has 1 saturated heterocycles. The number of ether oxygens (including phenoxy) is 1. The highest BCUT2D eigenvalue weighted by Gasteiger charge is 2.11. The molecule has 0 aliphatic carbocycles. The molecule has 1 aliphatic heterocycles. The number of rotatable bonds is 0. The maximum absolute atomic E-state index is 5.17. The van der Waals surface area contributed by atoms with E-state index in [-0.39, 0.29) is 0 Å². The summed E-state index contributed by atoms with van der Waals surface area (Å²) in [6, 6.07) is 2.99. The van der Waals surface area contributed by atoms with E-state index in [9.17, 15) is 0 Å². The Bertz CT molecular complexity index is 148. The summed E-state index contributed by atoms with van der Waals surface area (Å²) >= 11 is 0. The first-order valence-corrected chi connectivity index (χ1v) is 3.55. The van der Waals surface area contributed by atoms with Gasteiger partial charge in [-0.25, -0.2) is 0 Å². The number of hydrogen-bond donors (Lipinski definition) is 0.